The van der Waals surface area contributed by atoms with Gasteiger partial charge in [0, 0.05) is 0 Å². The highest BCUT2D eigenvalue weighted by Gasteiger charge is 2.15. The number of hydrogen-bond donors (Lipinski definition) is 0. The van der Waals surface area contributed by atoms with Crippen molar-refractivity contribution >= 4 is 27.9 Å². The standard InChI is InChI=1S/C17H15BrO6/c1-21-14-8-7-11(9-15(14)23-10-16(19)22-2)17(20)24-13-6-4-3-5-12(13)18/h3-9H,10H2,1-2H3. The Morgan fingerprint density at radius 2 is 1.75 bits per heavy atom. The predicted molar refractivity (Wildman–Crippen MR) is 89.6 cm³/mol. The number of ether oxygens (including phenoxy) is 4. The highest BCUT2D eigenvalue weighted by Crippen LogP contribution is 2.29. The lowest BCUT2D eigenvalue weighted by Gasteiger charge is -2.12. The number of methoxy groups -OCH3 is 2. The molecule has 0 fully saturated rings. The van der Waals surface area contributed by atoms with Crippen molar-refractivity contribution in [2.24, 2.45) is 0 Å². The van der Waals surface area contributed by atoms with Crippen LogP contribution < -0.4 is 14.2 Å². The fourth-order valence-corrected chi connectivity index (χ4v) is 2.16. The molecular formula is C17H15BrO6. The summed E-state index contributed by atoms with van der Waals surface area (Å²) in [6, 6.07) is 11.6. The van der Waals surface area contributed by atoms with E-state index in [0.717, 1.165) is 0 Å². The van der Waals surface area contributed by atoms with Gasteiger partial charge in [0.05, 0.1) is 24.3 Å². The molecule has 2 aromatic rings. The second kappa shape index (κ2) is 8.35. The number of halogens is 1. The highest BCUT2D eigenvalue weighted by molar-refractivity contribution is 9.10. The van der Waals surface area contributed by atoms with Gasteiger partial charge in [-0.05, 0) is 46.3 Å². The summed E-state index contributed by atoms with van der Waals surface area (Å²) in [5, 5.41) is 0. The normalized spacial score (nSPS) is 9.96. The van der Waals surface area contributed by atoms with E-state index in [1.165, 1.54) is 20.3 Å². The lowest BCUT2D eigenvalue weighted by atomic mass is 10.2. The van der Waals surface area contributed by atoms with E-state index in [4.69, 9.17) is 14.2 Å². The van der Waals surface area contributed by atoms with Crippen LogP contribution in [0.5, 0.6) is 17.2 Å². The smallest absolute Gasteiger partial charge is 0.343 e. The Kier molecular flexibility index (Phi) is 6.20. The molecule has 0 unspecified atom stereocenters. The van der Waals surface area contributed by atoms with Crippen molar-refractivity contribution < 1.29 is 28.5 Å². The lowest BCUT2D eigenvalue weighted by Crippen LogP contribution is -2.14. The van der Waals surface area contributed by atoms with Gasteiger partial charge in [-0.3, -0.25) is 0 Å². The second-order valence-electron chi connectivity index (χ2n) is 4.55. The van der Waals surface area contributed by atoms with Gasteiger partial charge in [-0.1, -0.05) is 12.1 Å². The van der Waals surface area contributed by atoms with Crippen LogP contribution in [-0.4, -0.2) is 32.8 Å². The van der Waals surface area contributed by atoms with E-state index in [-0.39, 0.29) is 17.9 Å². The Bertz CT molecular complexity index is 744. The van der Waals surface area contributed by atoms with E-state index in [1.54, 1.807) is 30.3 Å². The molecule has 0 amide bonds. The Morgan fingerprint density at radius 1 is 1.00 bits per heavy atom. The molecule has 7 heteroatoms. The summed E-state index contributed by atoms with van der Waals surface area (Å²) in [5.41, 5.74) is 0.256. The van der Waals surface area contributed by atoms with Crippen LogP contribution in [0.25, 0.3) is 0 Å². The average molecular weight is 395 g/mol. The van der Waals surface area contributed by atoms with Crippen molar-refractivity contribution in [3.8, 4) is 17.2 Å². The van der Waals surface area contributed by atoms with Crippen molar-refractivity contribution in [2.75, 3.05) is 20.8 Å². The van der Waals surface area contributed by atoms with Crippen molar-refractivity contribution in [1.29, 1.82) is 0 Å². The van der Waals surface area contributed by atoms with Crippen LogP contribution in [-0.2, 0) is 9.53 Å². The summed E-state index contributed by atoms with van der Waals surface area (Å²) in [7, 11) is 2.72. The molecule has 126 valence electrons. The number of para-hydroxylation sites is 1. The summed E-state index contributed by atoms with van der Waals surface area (Å²) < 4.78 is 21.0. The van der Waals surface area contributed by atoms with Crippen LogP contribution >= 0.6 is 15.9 Å². The summed E-state index contributed by atoms with van der Waals surface area (Å²) in [6.07, 6.45) is 0. The fraction of sp³-hybridized carbons (Fsp3) is 0.176. The molecule has 0 aliphatic heterocycles. The van der Waals surface area contributed by atoms with Crippen LogP contribution in [0.1, 0.15) is 10.4 Å². The monoisotopic (exact) mass is 394 g/mol. The summed E-state index contributed by atoms with van der Waals surface area (Å²) in [4.78, 5) is 23.5. The van der Waals surface area contributed by atoms with Gasteiger partial charge in [0.15, 0.2) is 18.1 Å². The predicted octanol–water partition coefficient (Wildman–Crippen LogP) is 3.23. The topological polar surface area (TPSA) is 71.1 Å². The minimum Gasteiger partial charge on any atom is -0.493 e. The molecular weight excluding hydrogens is 380 g/mol. The van der Waals surface area contributed by atoms with Gasteiger partial charge in [-0.2, -0.15) is 0 Å². The zero-order chi connectivity index (χ0) is 17.5. The van der Waals surface area contributed by atoms with E-state index in [0.29, 0.717) is 16.0 Å². The highest BCUT2D eigenvalue weighted by atomic mass is 79.9. The third-order valence-corrected chi connectivity index (χ3v) is 3.67. The maximum absolute atomic E-state index is 12.3. The number of rotatable bonds is 6. The van der Waals surface area contributed by atoms with Crippen molar-refractivity contribution in [2.45, 2.75) is 0 Å². The summed E-state index contributed by atoms with van der Waals surface area (Å²) >= 11 is 3.31. The van der Waals surface area contributed by atoms with Crippen LogP contribution in [0.2, 0.25) is 0 Å². The number of hydrogen-bond acceptors (Lipinski definition) is 6. The molecule has 0 aliphatic rings. The molecule has 0 radical (unpaired) electrons. The van der Waals surface area contributed by atoms with Crippen LogP contribution in [0.15, 0.2) is 46.9 Å². The lowest BCUT2D eigenvalue weighted by molar-refractivity contribution is -0.142. The molecule has 0 saturated carbocycles. The minimum absolute atomic E-state index is 0.240. The zero-order valence-corrected chi connectivity index (χ0v) is 14.7. The molecule has 0 aliphatic carbocycles. The van der Waals surface area contributed by atoms with Crippen LogP contribution in [0, 0.1) is 0 Å². The third kappa shape index (κ3) is 4.48. The minimum atomic E-state index is -0.563. The Morgan fingerprint density at radius 3 is 2.42 bits per heavy atom. The molecule has 0 N–H and O–H groups in total. The molecule has 0 bridgehead atoms. The molecule has 0 spiro atoms. The van der Waals surface area contributed by atoms with Gasteiger partial charge in [0.2, 0.25) is 0 Å². The van der Waals surface area contributed by atoms with E-state index in [2.05, 4.69) is 20.7 Å². The largest absolute Gasteiger partial charge is 0.493 e. The van der Waals surface area contributed by atoms with Gasteiger partial charge >= 0.3 is 11.9 Å². The van der Waals surface area contributed by atoms with Gasteiger partial charge in [0.1, 0.15) is 5.75 Å². The molecule has 6 nitrogen and oxygen atoms in total. The van der Waals surface area contributed by atoms with Crippen LogP contribution in [0.4, 0.5) is 0 Å². The average Bonchev–Trinajstić information content (AvgIpc) is 2.61. The molecule has 0 saturated heterocycles. The van der Waals surface area contributed by atoms with Gasteiger partial charge in [-0.25, -0.2) is 9.59 Å². The number of esters is 2. The zero-order valence-electron chi connectivity index (χ0n) is 13.1. The Balaban J connectivity index is 2.19. The molecule has 2 rings (SSSR count). The second-order valence-corrected chi connectivity index (χ2v) is 5.40. The first kappa shape index (κ1) is 17.8. The van der Waals surface area contributed by atoms with Gasteiger partial charge < -0.3 is 18.9 Å². The Labute approximate surface area is 147 Å². The maximum Gasteiger partial charge on any atom is 0.343 e. The molecule has 24 heavy (non-hydrogen) atoms. The maximum atomic E-state index is 12.3. The SMILES string of the molecule is COC(=O)COc1cc(C(=O)Oc2ccccc2Br)ccc1OC. The number of carbonyl (C=O) groups excluding carboxylic acids is 2. The van der Waals surface area contributed by atoms with E-state index in [1.807, 2.05) is 6.07 Å². The molecule has 0 aromatic heterocycles. The quantitative estimate of drug-likeness (QED) is 0.553. The van der Waals surface area contributed by atoms with E-state index < -0.39 is 11.9 Å². The van der Waals surface area contributed by atoms with Crippen molar-refractivity contribution in [3.05, 3.63) is 52.5 Å². The molecule has 0 atom stereocenters. The summed E-state index contributed by atoms with van der Waals surface area (Å²) in [5.74, 6) is -0.0816. The summed E-state index contributed by atoms with van der Waals surface area (Å²) in [6.45, 7) is -0.296. The van der Waals surface area contributed by atoms with E-state index in [9.17, 15) is 9.59 Å². The van der Waals surface area contributed by atoms with Gasteiger partial charge in [0.25, 0.3) is 0 Å². The number of carbonyl (C=O) groups is 2. The first-order valence-corrected chi connectivity index (χ1v) is 7.68. The van der Waals surface area contributed by atoms with E-state index >= 15 is 0 Å². The van der Waals surface area contributed by atoms with Crippen LogP contribution in [0.3, 0.4) is 0 Å². The Hall–Kier alpha value is -2.54. The van der Waals surface area contributed by atoms with Crippen molar-refractivity contribution in [3.63, 3.8) is 0 Å². The first-order chi connectivity index (χ1) is 11.5. The van der Waals surface area contributed by atoms with Crippen molar-refractivity contribution in [1.82, 2.24) is 0 Å². The molecule has 0 heterocycles. The molecule has 2 aromatic carbocycles. The third-order valence-electron chi connectivity index (χ3n) is 3.01. The number of benzene rings is 2. The van der Waals surface area contributed by atoms with Gasteiger partial charge in [-0.15, -0.1) is 0 Å². The first-order valence-electron chi connectivity index (χ1n) is 6.89. The fourth-order valence-electron chi connectivity index (χ4n) is 1.80.